The summed E-state index contributed by atoms with van der Waals surface area (Å²) in [6, 6.07) is 0. The molecular formula is C7H9BrO4. The predicted octanol–water partition coefficient (Wildman–Crippen LogP) is 0.654. The average Bonchev–Trinajstić information content (AvgIpc) is 2.12. The second kappa shape index (κ2) is 5.77. The van der Waals surface area contributed by atoms with Crippen molar-refractivity contribution in [2.75, 3.05) is 19.5 Å². The van der Waals surface area contributed by atoms with E-state index in [9.17, 15) is 9.59 Å². The number of halogens is 1. The highest BCUT2D eigenvalue weighted by Gasteiger charge is 2.09. The molecule has 0 saturated carbocycles. The first-order chi connectivity index (χ1) is 5.65. The van der Waals surface area contributed by atoms with Gasteiger partial charge in [-0.15, -0.1) is 0 Å². The molecule has 0 spiro atoms. The summed E-state index contributed by atoms with van der Waals surface area (Å²) < 4.78 is 8.74. The molecule has 4 nitrogen and oxygen atoms in total. The normalized spacial score (nSPS) is 10.8. The zero-order chi connectivity index (χ0) is 9.56. The van der Waals surface area contributed by atoms with Crippen LogP contribution in [0, 0.1) is 0 Å². The number of rotatable bonds is 3. The van der Waals surface area contributed by atoms with Crippen molar-refractivity contribution in [2.45, 2.75) is 0 Å². The molecule has 0 aliphatic carbocycles. The summed E-state index contributed by atoms with van der Waals surface area (Å²) in [5, 5.41) is 0.259. The molecule has 5 heteroatoms. The van der Waals surface area contributed by atoms with Crippen molar-refractivity contribution in [3.8, 4) is 0 Å². The van der Waals surface area contributed by atoms with E-state index in [1.54, 1.807) is 0 Å². The summed E-state index contributed by atoms with van der Waals surface area (Å²) in [5.41, 5.74) is 0.226. The molecule has 68 valence electrons. The highest BCUT2D eigenvalue weighted by molar-refractivity contribution is 9.09. The van der Waals surface area contributed by atoms with Crippen molar-refractivity contribution in [3.63, 3.8) is 0 Å². The van der Waals surface area contributed by atoms with Gasteiger partial charge in [-0.2, -0.15) is 0 Å². The molecule has 0 aromatic heterocycles. The van der Waals surface area contributed by atoms with Gasteiger partial charge in [0.15, 0.2) is 0 Å². The molecule has 0 heterocycles. The monoisotopic (exact) mass is 236 g/mol. The predicted molar refractivity (Wildman–Crippen MR) is 45.9 cm³/mol. The highest BCUT2D eigenvalue weighted by atomic mass is 79.9. The van der Waals surface area contributed by atoms with Gasteiger partial charge in [-0.1, -0.05) is 15.9 Å². The molecule has 0 bridgehead atoms. The van der Waals surface area contributed by atoms with Gasteiger partial charge in [-0.25, -0.2) is 9.59 Å². The lowest BCUT2D eigenvalue weighted by molar-refractivity contribution is -0.138. The summed E-state index contributed by atoms with van der Waals surface area (Å²) in [6.45, 7) is 0. The molecule has 12 heavy (non-hydrogen) atoms. The molecule has 0 aliphatic rings. The zero-order valence-electron chi connectivity index (χ0n) is 6.80. The summed E-state index contributed by atoms with van der Waals surface area (Å²) in [5.74, 6) is -1.12. The number of carbonyl (C=O) groups is 2. The van der Waals surface area contributed by atoms with E-state index in [4.69, 9.17) is 0 Å². The zero-order valence-corrected chi connectivity index (χ0v) is 8.38. The van der Waals surface area contributed by atoms with Crippen molar-refractivity contribution in [2.24, 2.45) is 0 Å². The molecule has 0 aromatic rings. The Kier molecular flexibility index (Phi) is 5.36. The molecule has 0 radical (unpaired) electrons. The van der Waals surface area contributed by atoms with Gasteiger partial charge in [0.25, 0.3) is 0 Å². The van der Waals surface area contributed by atoms with Gasteiger partial charge in [0, 0.05) is 11.4 Å². The van der Waals surface area contributed by atoms with Crippen LogP contribution in [0.2, 0.25) is 0 Å². The minimum Gasteiger partial charge on any atom is -0.466 e. The van der Waals surface area contributed by atoms with Gasteiger partial charge in [0.2, 0.25) is 0 Å². The number of hydrogen-bond acceptors (Lipinski definition) is 4. The fourth-order valence-corrected chi connectivity index (χ4v) is 0.875. The first-order valence-corrected chi connectivity index (χ1v) is 4.20. The van der Waals surface area contributed by atoms with Gasteiger partial charge < -0.3 is 9.47 Å². The molecule has 0 aromatic carbocycles. The lowest BCUT2D eigenvalue weighted by Crippen LogP contribution is -2.09. The van der Waals surface area contributed by atoms with Crippen molar-refractivity contribution < 1.29 is 19.1 Å². The molecule has 0 unspecified atom stereocenters. The maximum atomic E-state index is 10.9. The number of carbonyl (C=O) groups excluding carboxylic acids is 2. The van der Waals surface area contributed by atoms with Crippen LogP contribution in [-0.4, -0.2) is 31.5 Å². The van der Waals surface area contributed by atoms with E-state index in [-0.39, 0.29) is 10.9 Å². The van der Waals surface area contributed by atoms with Crippen molar-refractivity contribution in [3.05, 3.63) is 11.6 Å². The Balaban J connectivity index is 4.43. The molecule has 0 atom stereocenters. The van der Waals surface area contributed by atoms with E-state index in [1.807, 2.05) is 0 Å². The van der Waals surface area contributed by atoms with Gasteiger partial charge in [0.05, 0.1) is 19.8 Å². The van der Waals surface area contributed by atoms with Crippen molar-refractivity contribution in [1.29, 1.82) is 0 Å². The summed E-state index contributed by atoms with van der Waals surface area (Å²) in [6.07, 6.45) is 1.08. The molecule has 0 rings (SSSR count). The largest absolute Gasteiger partial charge is 0.466 e. The standard InChI is InChI=1S/C7H9BrO4/c1-11-6(9)3-5(4-8)7(10)12-2/h3H,4H2,1-2H3/b5-3+. The molecular weight excluding hydrogens is 228 g/mol. The van der Waals surface area contributed by atoms with E-state index in [1.165, 1.54) is 14.2 Å². The van der Waals surface area contributed by atoms with Crippen LogP contribution in [0.3, 0.4) is 0 Å². The maximum Gasteiger partial charge on any atom is 0.334 e. The number of esters is 2. The highest BCUT2D eigenvalue weighted by Crippen LogP contribution is 2.02. The fourth-order valence-electron chi connectivity index (χ4n) is 0.484. The first kappa shape index (κ1) is 11.2. The third-order valence-corrected chi connectivity index (χ3v) is 1.69. The van der Waals surface area contributed by atoms with Crippen molar-refractivity contribution >= 4 is 27.9 Å². The maximum absolute atomic E-state index is 10.9. The van der Waals surface area contributed by atoms with Gasteiger partial charge >= 0.3 is 11.9 Å². The Hall–Kier alpha value is -0.840. The van der Waals surface area contributed by atoms with Crippen LogP contribution in [0.15, 0.2) is 11.6 Å². The average molecular weight is 237 g/mol. The molecule has 0 amide bonds. The van der Waals surface area contributed by atoms with Gasteiger partial charge in [-0.3, -0.25) is 0 Å². The summed E-state index contributed by atoms with van der Waals surface area (Å²) in [7, 11) is 2.48. The van der Waals surface area contributed by atoms with E-state index in [0.717, 1.165) is 6.08 Å². The van der Waals surface area contributed by atoms with Crippen LogP contribution >= 0.6 is 15.9 Å². The van der Waals surface area contributed by atoms with Gasteiger partial charge in [0.1, 0.15) is 0 Å². The molecule has 0 N–H and O–H groups in total. The Bertz CT molecular complexity index is 209. The van der Waals surface area contributed by atoms with E-state index in [0.29, 0.717) is 0 Å². The van der Waals surface area contributed by atoms with Crippen LogP contribution in [0.25, 0.3) is 0 Å². The van der Waals surface area contributed by atoms with Crippen LogP contribution in [0.1, 0.15) is 0 Å². The number of ether oxygens (including phenoxy) is 2. The van der Waals surface area contributed by atoms with E-state index < -0.39 is 11.9 Å². The minimum absolute atomic E-state index is 0.226. The van der Waals surface area contributed by atoms with Gasteiger partial charge in [-0.05, 0) is 0 Å². The third-order valence-electron chi connectivity index (χ3n) is 1.08. The summed E-state index contributed by atoms with van der Waals surface area (Å²) >= 11 is 3.04. The molecule has 0 saturated heterocycles. The summed E-state index contributed by atoms with van der Waals surface area (Å²) in [4.78, 5) is 21.5. The topological polar surface area (TPSA) is 52.6 Å². The lowest BCUT2D eigenvalue weighted by atomic mass is 10.3. The number of alkyl halides is 1. The van der Waals surface area contributed by atoms with Crippen molar-refractivity contribution in [1.82, 2.24) is 0 Å². The van der Waals surface area contributed by atoms with E-state index in [2.05, 4.69) is 25.4 Å². The van der Waals surface area contributed by atoms with Crippen LogP contribution in [-0.2, 0) is 19.1 Å². The quantitative estimate of drug-likeness (QED) is 0.411. The second-order valence-electron chi connectivity index (χ2n) is 1.82. The Morgan fingerprint density at radius 3 is 2.25 bits per heavy atom. The van der Waals surface area contributed by atoms with Crippen LogP contribution in [0.5, 0.6) is 0 Å². The number of methoxy groups -OCH3 is 2. The lowest BCUT2D eigenvalue weighted by Gasteiger charge is -1.99. The third kappa shape index (κ3) is 3.52. The Labute approximate surface area is 78.7 Å². The molecule has 0 aliphatic heterocycles. The van der Waals surface area contributed by atoms with Crippen LogP contribution in [0.4, 0.5) is 0 Å². The Morgan fingerprint density at radius 1 is 1.33 bits per heavy atom. The Morgan fingerprint density at radius 2 is 1.92 bits per heavy atom. The van der Waals surface area contributed by atoms with E-state index >= 15 is 0 Å². The van der Waals surface area contributed by atoms with Crippen LogP contribution < -0.4 is 0 Å². The smallest absolute Gasteiger partial charge is 0.334 e. The molecule has 0 fully saturated rings. The second-order valence-corrected chi connectivity index (χ2v) is 2.38. The minimum atomic E-state index is -0.574. The SMILES string of the molecule is COC(=O)/C=C(\CBr)C(=O)OC. The fraction of sp³-hybridized carbons (Fsp3) is 0.429. The number of hydrogen-bond donors (Lipinski definition) is 0. The first-order valence-electron chi connectivity index (χ1n) is 3.08.